The molecule has 108 valence electrons. The topological polar surface area (TPSA) is 29.1 Å². The maximum absolute atomic E-state index is 12.4. The van der Waals surface area contributed by atoms with Gasteiger partial charge < -0.3 is 5.32 Å². The first-order valence-electron chi connectivity index (χ1n) is 7.34. The van der Waals surface area contributed by atoms with Crippen molar-refractivity contribution in [3.05, 3.63) is 59.2 Å². The highest BCUT2D eigenvalue weighted by atomic mass is 32.2. The highest BCUT2D eigenvalue weighted by Crippen LogP contribution is 2.26. The first-order valence-corrected chi connectivity index (χ1v) is 8.56. The summed E-state index contributed by atoms with van der Waals surface area (Å²) < 4.78 is 0. The van der Waals surface area contributed by atoms with Crippen LogP contribution in [-0.4, -0.2) is 12.2 Å². The van der Waals surface area contributed by atoms with Crippen molar-refractivity contribution in [1.82, 2.24) is 0 Å². The minimum absolute atomic E-state index is 0.0233. The number of nitrogens with one attached hydrogen (secondary N) is 1. The third kappa shape index (κ3) is 3.13. The molecule has 0 unspecified atom stereocenters. The fourth-order valence-electron chi connectivity index (χ4n) is 2.82. The Balaban J connectivity index is 1.82. The van der Waals surface area contributed by atoms with E-state index < -0.39 is 0 Å². The van der Waals surface area contributed by atoms with E-state index >= 15 is 0 Å². The molecule has 2 aromatic rings. The zero-order valence-corrected chi connectivity index (χ0v) is 13.0. The Hall–Kier alpha value is -1.74. The molecule has 0 atom stereocenters. The van der Waals surface area contributed by atoms with Crippen LogP contribution in [0.25, 0.3) is 0 Å². The van der Waals surface area contributed by atoms with Gasteiger partial charge in [-0.3, -0.25) is 4.79 Å². The largest absolute Gasteiger partial charge is 0.321 e. The average Bonchev–Trinajstić information content (AvgIpc) is 2.55. The van der Waals surface area contributed by atoms with Gasteiger partial charge in [0.05, 0.1) is 5.69 Å². The molecule has 0 aromatic heterocycles. The summed E-state index contributed by atoms with van der Waals surface area (Å²) in [5, 5.41) is 3.02. The van der Waals surface area contributed by atoms with Gasteiger partial charge in [-0.15, -0.1) is 11.8 Å². The van der Waals surface area contributed by atoms with E-state index in [-0.39, 0.29) is 5.91 Å². The highest BCUT2D eigenvalue weighted by molar-refractivity contribution is 7.98. The van der Waals surface area contributed by atoms with Gasteiger partial charge in [0, 0.05) is 10.5 Å². The van der Waals surface area contributed by atoms with Crippen LogP contribution in [0.5, 0.6) is 0 Å². The SMILES string of the molecule is CSc1ccccc1NC(=O)c1ccc2c(c1)CCCC2. The van der Waals surface area contributed by atoms with E-state index in [0.717, 1.165) is 29.0 Å². The summed E-state index contributed by atoms with van der Waals surface area (Å²) in [4.78, 5) is 13.5. The fraction of sp³-hybridized carbons (Fsp3) is 0.278. The molecule has 3 heteroatoms. The molecule has 2 aromatic carbocycles. The first-order chi connectivity index (χ1) is 10.3. The maximum Gasteiger partial charge on any atom is 0.255 e. The van der Waals surface area contributed by atoms with Gasteiger partial charge in [0.25, 0.3) is 5.91 Å². The number of benzene rings is 2. The second-order valence-corrected chi connectivity index (χ2v) is 6.19. The average molecular weight is 297 g/mol. The van der Waals surface area contributed by atoms with Crippen molar-refractivity contribution in [1.29, 1.82) is 0 Å². The Labute approximate surface area is 130 Å². The van der Waals surface area contributed by atoms with E-state index in [1.165, 1.54) is 24.0 Å². The van der Waals surface area contributed by atoms with Crippen molar-refractivity contribution < 1.29 is 4.79 Å². The van der Waals surface area contributed by atoms with E-state index in [2.05, 4.69) is 17.4 Å². The van der Waals surface area contributed by atoms with E-state index in [1.54, 1.807) is 11.8 Å². The van der Waals surface area contributed by atoms with E-state index in [9.17, 15) is 4.79 Å². The van der Waals surface area contributed by atoms with Crippen molar-refractivity contribution in [2.24, 2.45) is 0 Å². The van der Waals surface area contributed by atoms with Crippen LogP contribution in [0, 0.1) is 0 Å². The third-order valence-electron chi connectivity index (χ3n) is 3.97. The first kappa shape index (κ1) is 14.2. The van der Waals surface area contributed by atoms with Crippen LogP contribution in [0.1, 0.15) is 34.3 Å². The van der Waals surface area contributed by atoms with Crippen molar-refractivity contribution in [2.75, 3.05) is 11.6 Å². The van der Waals surface area contributed by atoms with Gasteiger partial charge in [-0.25, -0.2) is 0 Å². The molecular formula is C18H19NOS. The highest BCUT2D eigenvalue weighted by Gasteiger charge is 2.13. The summed E-state index contributed by atoms with van der Waals surface area (Å²) in [7, 11) is 0. The molecule has 21 heavy (non-hydrogen) atoms. The van der Waals surface area contributed by atoms with E-state index in [1.807, 2.05) is 36.6 Å². The lowest BCUT2D eigenvalue weighted by molar-refractivity contribution is 0.102. The molecule has 0 saturated carbocycles. The van der Waals surface area contributed by atoms with Crippen LogP contribution in [-0.2, 0) is 12.8 Å². The number of rotatable bonds is 3. The number of thioether (sulfide) groups is 1. The molecule has 1 aliphatic rings. The normalized spacial score (nSPS) is 13.6. The predicted octanol–water partition coefficient (Wildman–Crippen LogP) is 4.54. The molecule has 1 amide bonds. The van der Waals surface area contributed by atoms with Crippen LogP contribution in [0.4, 0.5) is 5.69 Å². The molecule has 0 bridgehead atoms. The van der Waals surface area contributed by atoms with Crippen molar-refractivity contribution in [3.63, 3.8) is 0 Å². The van der Waals surface area contributed by atoms with E-state index in [4.69, 9.17) is 0 Å². The second kappa shape index (κ2) is 6.35. The summed E-state index contributed by atoms with van der Waals surface area (Å²) >= 11 is 1.64. The number of hydrogen-bond donors (Lipinski definition) is 1. The van der Waals surface area contributed by atoms with Gasteiger partial charge in [-0.1, -0.05) is 18.2 Å². The lowest BCUT2D eigenvalue weighted by atomic mass is 9.90. The molecule has 0 spiro atoms. The summed E-state index contributed by atoms with van der Waals surface area (Å²) in [6, 6.07) is 14.0. The van der Waals surface area contributed by atoms with Crippen molar-refractivity contribution in [2.45, 2.75) is 30.6 Å². The second-order valence-electron chi connectivity index (χ2n) is 5.35. The van der Waals surface area contributed by atoms with Gasteiger partial charge >= 0.3 is 0 Å². The van der Waals surface area contributed by atoms with Gasteiger partial charge in [0.2, 0.25) is 0 Å². The predicted molar refractivity (Wildman–Crippen MR) is 89.3 cm³/mol. The maximum atomic E-state index is 12.4. The minimum Gasteiger partial charge on any atom is -0.321 e. The summed E-state index contributed by atoms with van der Waals surface area (Å²) in [6.45, 7) is 0. The molecular weight excluding hydrogens is 278 g/mol. The molecule has 1 aliphatic carbocycles. The fourth-order valence-corrected chi connectivity index (χ4v) is 3.37. The van der Waals surface area contributed by atoms with Crippen molar-refractivity contribution in [3.8, 4) is 0 Å². The standard InChI is InChI=1S/C18H19NOS/c1-21-17-9-5-4-8-16(17)19-18(20)15-11-10-13-6-2-3-7-14(13)12-15/h4-5,8-12H,2-3,6-7H2,1H3,(H,19,20). The number of para-hydroxylation sites is 1. The Morgan fingerprint density at radius 2 is 1.81 bits per heavy atom. The van der Waals surface area contributed by atoms with Crippen LogP contribution in [0.2, 0.25) is 0 Å². The monoisotopic (exact) mass is 297 g/mol. The molecule has 0 fully saturated rings. The minimum atomic E-state index is -0.0233. The molecule has 0 radical (unpaired) electrons. The van der Waals surface area contributed by atoms with Gasteiger partial charge in [-0.05, 0) is 67.3 Å². The number of hydrogen-bond acceptors (Lipinski definition) is 2. The molecule has 0 aliphatic heterocycles. The van der Waals surface area contributed by atoms with Crippen LogP contribution in [0.3, 0.4) is 0 Å². The third-order valence-corrected chi connectivity index (χ3v) is 4.76. The van der Waals surface area contributed by atoms with Crippen LogP contribution in [0.15, 0.2) is 47.4 Å². The number of aryl methyl sites for hydroxylation is 2. The van der Waals surface area contributed by atoms with Gasteiger partial charge in [0.1, 0.15) is 0 Å². The van der Waals surface area contributed by atoms with Crippen LogP contribution < -0.4 is 5.32 Å². The smallest absolute Gasteiger partial charge is 0.255 e. The molecule has 0 heterocycles. The summed E-state index contributed by atoms with van der Waals surface area (Å²) in [5.74, 6) is -0.0233. The summed E-state index contributed by atoms with van der Waals surface area (Å²) in [6.07, 6.45) is 6.75. The molecule has 0 saturated heterocycles. The van der Waals surface area contributed by atoms with E-state index in [0.29, 0.717) is 0 Å². The molecule has 3 rings (SSSR count). The molecule has 1 N–H and O–H groups in total. The Kier molecular flexibility index (Phi) is 4.30. The summed E-state index contributed by atoms with van der Waals surface area (Å²) in [5.41, 5.74) is 4.38. The Morgan fingerprint density at radius 3 is 2.62 bits per heavy atom. The number of amides is 1. The molecule has 2 nitrogen and oxygen atoms in total. The quantitative estimate of drug-likeness (QED) is 0.843. The number of carbonyl (C=O) groups is 1. The van der Waals surface area contributed by atoms with Crippen molar-refractivity contribution >= 4 is 23.4 Å². The number of carbonyl (C=O) groups excluding carboxylic acids is 1. The number of anilines is 1. The van der Waals surface area contributed by atoms with Gasteiger partial charge in [0.15, 0.2) is 0 Å². The van der Waals surface area contributed by atoms with Gasteiger partial charge in [-0.2, -0.15) is 0 Å². The lowest BCUT2D eigenvalue weighted by Gasteiger charge is -2.16. The van der Waals surface area contributed by atoms with Crippen LogP contribution >= 0.6 is 11.8 Å². The zero-order chi connectivity index (χ0) is 14.7. The lowest BCUT2D eigenvalue weighted by Crippen LogP contribution is -2.14. The Morgan fingerprint density at radius 1 is 1.05 bits per heavy atom. The zero-order valence-electron chi connectivity index (χ0n) is 12.2. The Bertz CT molecular complexity index is 666. The number of fused-ring (bicyclic) bond motifs is 1.